The summed E-state index contributed by atoms with van der Waals surface area (Å²) in [4.78, 5) is 12.3. The number of nitrogens with one attached hydrogen (secondary N) is 1. The molecule has 1 amide bonds. The van der Waals surface area contributed by atoms with E-state index in [9.17, 15) is 15.0 Å². The Bertz CT molecular complexity index is 651. The molecule has 0 rings (SSSR count). The molecule has 0 heterocycles. The van der Waals surface area contributed by atoms with E-state index in [0.29, 0.717) is 6.42 Å². The summed E-state index contributed by atoms with van der Waals surface area (Å²) < 4.78 is 0. The Morgan fingerprint density at radius 2 is 0.771 bits per heavy atom. The van der Waals surface area contributed by atoms with Gasteiger partial charge in [-0.3, -0.25) is 4.79 Å². The molecule has 0 saturated carbocycles. The molecule has 3 N–H and O–H groups in total. The lowest BCUT2D eigenvalue weighted by molar-refractivity contribution is -0.123. The van der Waals surface area contributed by atoms with Gasteiger partial charge in [-0.05, 0) is 19.3 Å². The molecule has 0 spiro atoms. The summed E-state index contributed by atoms with van der Waals surface area (Å²) in [5.74, 6) is -0.0651. The van der Waals surface area contributed by atoms with Gasteiger partial charge in [-0.2, -0.15) is 0 Å². The molecule has 48 heavy (non-hydrogen) atoms. The standard InChI is InChI=1S/C44H87NO3/c1-3-5-7-9-11-13-14-15-16-17-18-19-20-21-22-23-24-25-26-27-28-29-30-32-33-35-37-39-43(47)42(41-46)45-44(48)40-38-36-34-31-12-10-8-6-4-2/h37,39,42-43,46-47H,3-36,38,40-41H2,1-2H3,(H,45,48)/b39-37+. The number of hydrogen-bond donors (Lipinski definition) is 3. The molecule has 0 saturated heterocycles. The van der Waals surface area contributed by atoms with Crippen molar-refractivity contribution in [3.05, 3.63) is 12.2 Å². The first-order valence-electron chi connectivity index (χ1n) is 21.9. The second kappa shape index (κ2) is 40.6. The van der Waals surface area contributed by atoms with Crippen LogP contribution in [0.1, 0.15) is 245 Å². The van der Waals surface area contributed by atoms with Gasteiger partial charge in [0.2, 0.25) is 5.91 Å². The fourth-order valence-corrected chi connectivity index (χ4v) is 6.89. The molecule has 286 valence electrons. The lowest BCUT2D eigenvalue weighted by Gasteiger charge is -2.20. The normalized spacial score (nSPS) is 13.0. The average Bonchev–Trinajstić information content (AvgIpc) is 3.09. The summed E-state index contributed by atoms with van der Waals surface area (Å²) in [6, 6.07) is -0.614. The van der Waals surface area contributed by atoms with Crippen LogP contribution in [0.4, 0.5) is 0 Å². The Morgan fingerprint density at radius 3 is 1.08 bits per heavy atom. The molecule has 0 aromatic carbocycles. The molecule has 0 aliphatic heterocycles. The third-order valence-corrected chi connectivity index (χ3v) is 10.3. The Morgan fingerprint density at radius 1 is 0.479 bits per heavy atom. The van der Waals surface area contributed by atoms with Crippen LogP contribution < -0.4 is 5.32 Å². The van der Waals surface area contributed by atoms with Gasteiger partial charge in [0.1, 0.15) is 0 Å². The minimum atomic E-state index is -0.832. The lowest BCUT2D eigenvalue weighted by Crippen LogP contribution is -2.45. The van der Waals surface area contributed by atoms with Crippen molar-refractivity contribution in [3.63, 3.8) is 0 Å². The molecular weight excluding hydrogens is 590 g/mol. The third kappa shape index (κ3) is 36.4. The van der Waals surface area contributed by atoms with Crippen LogP contribution >= 0.6 is 0 Å². The quantitative estimate of drug-likeness (QED) is 0.0446. The van der Waals surface area contributed by atoms with Crippen molar-refractivity contribution in [1.82, 2.24) is 5.32 Å². The number of unbranched alkanes of at least 4 members (excludes halogenated alkanes) is 33. The van der Waals surface area contributed by atoms with Crippen LogP contribution in [0, 0.1) is 0 Å². The number of amides is 1. The molecule has 2 unspecified atom stereocenters. The number of carbonyl (C=O) groups is 1. The van der Waals surface area contributed by atoms with E-state index in [1.54, 1.807) is 6.08 Å². The van der Waals surface area contributed by atoms with E-state index in [2.05, 4.69) is 19.2 Å². The highest BCUT2D eigenvalue weighted by atomic mass is 16.3. The Hall–Kier alpha value is -0.870. The van der Waals surface area contributed by atoms with E-state index in [1.807, 2.05) is 6.08 Å². The van der Waals surface area contributed by atoms with Crippen LogP contribution in [0.5, 0.6) is 0 Å². The maximum absolute atomic E-state index is 12.3. The van der Waals surface area contributed by atoms with Crippen molar-refractivity contribution in [2.45, 2.75) is 257 Å². The fourth-order valence-electron chi connectivity index (χ4n) is 6.89. The smallest absolute Gasteiger partial charge is 0.220 e. The monoisotopic (exact) mass is 678 g/mol. The molecule has 0 aliphatic rings. The van der Waals surface area contributed by atoms with Gasteiger partial charge >= 0.3 is 0 Å². The van der Waals surface area contributed by atoms with Crippen LogP contribution in [0.3, 0.4) is 0 Å². The topological polar surface area (TPSA) is 69.6 Å². The Balaban J connectivity index is 3.44. The highest BCUT2D eigenvalue weighted by Crippen LogP contribution is 2.16. The molecule has 0 bridgehead atoms. The lowest BCUT2D eigenvalue weighted by atomic mass is 10.0. The maximum Gasteiger partial charge on any atom is 0.220 e. The molecule has 0 aromatic rings. The number of rotatable bonds is 40. The first kappa shape index (κ1) is 47.1. The zero-order chi connectivity index (χ0) is 35.0. The highest BCUT2D eigenvalue weighted by Gasteiger charge is 2.17. The minimum Gasteiger partial charge on any atom is -0.394 e. The molecule has 0 radical (unpaired) electrons. The highest BCUT2D eigenvalue weighted by molar-refractivity contribution is 5.76. The molecule has 4 nitrogen and oxygen atoms in total. The van der Waals surface area contributed by atoms with Crippen molar-refractivity contribution in [3.8, 4) is 0 Å². The number of aliphatic hydroxyl groups is 2. The van der Waals surface area contributed by atoms with Crippen LogP contribution in [-0.4, -0.2) is 34.9 Å². The van der Waals surface area contributed by atoms with Gasteiger partial charge in [0.25, 0.3) is 0 Å². The van der Waals surface area contributed by atoms with Crippen molar-refractivity contribution >= 4 is 5.91 Å². The molecule has 0 fully saturated rings. The predicted octanol–water partition coefficient (Wildman–Crippen LogP) is 13.5. The first-order valence-corrected chi connectivity index (χ1v) is 21.9. The van der Waals surface area contributed by atoms with Gasteiger partial charge in [-0.15, -0.1) is 0 Å². The number of allylic oxidation sites excluding steroid dienone is 1. The second-order valence-electron chi connectivity index (χ2n) is 15.1. The molecular formula is C44H87NO3. The molecule has 2 atom stereocenters. The fraction of sp³-hybridized carbons (Fsp3) is 0.932. The van der Waals surface area contributed by atoms with E-state index in [-0.39, 0.29) is 12.5 Å². The van der Waals surface area contributed by atoms with Gasteiger partial charge in [-0.1, -0.05) is 231 Å². The zero-order valence-corrected chi connectivity index (χ0v) is 32.8. The number of carbonyl (C=O) groups excluding carboxylic acids is 1. The number of hydrogen-bond acceptors (Lipinski definition) is 3. The van der Waals surface area contributed by atoms with E-state index >= 15 is 0 Å². The third-order valence-electron chi connectivity index (χ3n) is 10.3. The summed E-state index contributed by atoms with van der Waals surface area (Å²) in [6.07, 6.45) is 50.5. The van der Waals surface area contributed by atoms with E-state index in [0.717, 1.165) is 25.7 Å². The Kier molecular flexibility index (Phi) is 39.8. The van der Waals surface area contributed by atoms with Crippen LogP contribution in [-0.2, 0) is 4.79 Å². The molecule has 0 aromatic heterocycles. The molecule has 4 heteroatoms. The van der Waals surface area contributed by atoms with Crippen molar-refractivity contribution in [2.75, 3.05) is 6.61 Å². The Labute approximate surface area is 301 Å². The van der Waals surface area contributed by atoms with Crippen molar-refractivity contribution in [2.24, 2.45) is 0 Å². The first-order chi connectivity index (χ1) is 23.7. The largest absolute Gasteiger partial charge is 0.394 e. The van der Waals surface area contributed by atoms with E-state index < -0.39 is 12.1 Å². The minimum absolute atomic E-state index is 0.0651. The van der Waals surface area contributed by atoms with Gasteiger partial charge < -0.3 is 15.5 Å². The maximum atomic E-state index is 12.3. The van der Waals surface area contributed by atoms with Gasteiger partial charge in [0.15, 0.2) is 0 Å². The van der Waals surface area contributed by atoms with Crippen LogP contribution in [0.15, 0.2) is 12.2 Å². The molecule has 0 aliphatic carbocycles. The van der Waals surface area contributed by atoms with Crippen LogP contribution in [0.25, 0.3) is 0 Å². The van der Waals surface area contributed by atoms with Crippen molar-refractivity contribution in [1.29, 1.82) is 0 Å². The zero-order valence-electron chi connectivity index (χ0n) is 32.8. The van der Waals surface area contributed by atoms with Crippen molar-refractivity contribution < 1.29 is 15.0 Å². The van der Waals surface area contributed by atoms with Gasteiger partial charge in [0.05, 0.1) is 18.8 Å². The summed E-state index contributed by atoms with van der Waals surface area (Å²) in [5.41, 5.74) is 0. The average molecular weight is 678 g/mol. The summed E-state index contributed by atoms with van der Waals surface area (Å²) >= 11 is 0. The predicted molar refractivity (Wildman–Crippen MR) is 212 cm³/mol. The summed E-state index contributed by atoms with van der Waals surface area (Å²) in [5, 5.41) is 22.9. The van der Waals surface area contributed by atoms with Gasteiger partial charge in [-0.25, -0.2) is 0 Å². The van der Waals surface area contributed by atoms with Gasteiger partial charge in [0, 0.05) is 6.42 Å². The number of aliphatic hydroxyl groups excluding tert-OH is 2. The summed E-state index contributed by atoms with van der Waals surface area (Å²) in [6.45, 7) is 4.30. The van der Waals surface area contributed by atoms with Crippen LogP contribution in [0.2, 0.25) is 0 Å². The summed E-state index contributed by atoms with van der Waals surface area (Å²) in [7, 11) is 0. The SMILES string of the molecule is CCCCCCCCCCCCCCCCCCCCCCCCCCC/C=C/C(O)C(CO)NC(=O)CCCCCCCCCCC. The second-order valence-corrected chi connectivity index (χ2v) is 15.1. The van der Waals surface area contributed by atoms with E-state index in [4.69, 9.17) is 0 Å². The van der Waals surface area contributed by atoms with E-state index in [1.165, 1.54) is 199 Å².